The Balaban J connectivity index is 2.01. The normalized spacial score (nSPS) is 17.5. The summed E-state index contributed by atoms with van der Waals surface area (Å²) in [5.74, 6) is 0.362. The summed E-state index contributed by atoms with van der Waals surface area (Å²) in [6.07, 6.45) is 14.5. The molecular weight excluding hydrogens is 272 g/mol. The fraction of sp³-hybridized carbons (Fsp3) is 0.850. The predicted molar refractivity (Wildman–Crippen MR) is 94.0 cm³/mol. The summed E-state index contributed by atoms with van der Waals surface area (Å²) in [6.45, 7) is 6.79. The van der Waals surface area contributed by atoms with E-state index in [0.717, 1.165) is 18.4 Å². The summed E-state index contributed by atoms with van der Waals surface area (Å²) < 4.78 is 0. The highest BCUT2D eigenvalue weighted by Gasteiger charge is 2.35. The Kier molecular flexibility index (Phi) is 9.00. The van der Waals surface area contributed by atoms with Gasteiger partial charge < -0.3 is 5.11 Å². The number of hydrogen-bond donors (Lipinski definition) is 1. The van der Waals surface area contributed by atoms with E-state index in [2.05, 4.69) is 13.8 Å². The third kappa shape index (κ3) is 6.64. The minimum Gasteiger partial charge on any atom is -0.396 e. The van der Waals surface area contributed by atoms with Gasteiger partial charge >= 0.3 is 0 Å². The van der Waals surface area contributed by atoms with Crippen molar-refractivity contribution in [3.63, 3.8) is 0 Å². The zero-order valence-electron chi connectivity index (χ0n) is 15.0. The molecule has 0 unspecified atom stereocenters. The van der Waals surface area contributed by atoms with E-state index in [1.54, 1.807) is 0 Å². The van der Waals surface area contributed by atoms with E-state index >= 15 is 0 Å². The topological polar surface area (TPSA) is 37.3 Å². The zero-order chi connectivity index (χ0) is 16.4. The molecule has 0 aliphatic heterocycles. The summed E-state index contributed by atoms with van der Waals surface area (Å²) in [5.41, 5.74) is 2.57. The van der Waals surface area contributed by atoms with Gasteiger partial charge in [0.1, 0.15) is 0 Å². The first kappa shape index (κ1) is 19.4. The van der Waals surface area contributed by atoms with Crippen LogP contribution in [0.4, 0.5) is 0 Å². The van der Waals surface area contributed by atoms with Crippen LogP contribution in [0.3, 0.4) is 0 Å². The highest BCUT2D eigenvalue weighted by atomic mass is 16.2. The number of rotatable bonds is 12. The standard InChI is InChI=1S/C20H36O2/c1-17-18(20(2,3)16-19(17)22)14-12-10-8-6-4-5-7-9-11-13-15-21/h21H,4-16H2,1-3H3. The highest BCUT2D eigenvalue weighted by Crippen LogP contribution is 2.42. The van der Waals surface area contributed by atoms with Crippen LogP contribution < -0.4 is 0 Å². The van der Waals surface area contributed by atoms with Gasteiger partial charge in [-0.1, -0.05) is 70.8 Å². The van der Waals surface area contributed by atoms with Gasteiger partial charge in [-0.15, -0.1) is 0 Å². The van der Waals surface area contributed by atoms with E-state index in [0.29, 0.717) is 18.8 Å². The smallest absolute Gasteiger partial charge is 0.159 e. The van der Waals surface area contributed by atoms with E-state index in [4.69, 9.17) is 5.11 Å². The Bertz CT molecular complexity index is 366. The van der Waals surface area contributed by atoms with Crippen molar-refractivity contribution in [3.05, 3.63) is 11.1 Å². The maximum Gasteiger partial charge on any atom is 0.159 e. The molecule has 22 heavy (non-hydrogen) atoms. The molecule has 0 aromatic rings. The molecule has 0 amide bonds. The molecule has 0 aromatic carbocycles. The molecule has 1 aliphatic carbocycles. The Hall–Kier alpha value is -0.630. The van der Waals surface area contributed by atoms with Crippen molar-refractivity contribution < 1.29 is 9.90 Å². The van der Waals surface area contributed by atoms with Crippen LogP contribution in [0.15, 0.2) is 11.1 Å². The van der Waals surface area contributed by atoms with Crippen molar-refractivity contribution in [3.8, 4) is 0 Å². The van der Waals surface area contributed by atoms with Crippen molar-refractivity contribution in [2.45, 2.75) is 97.8 Å². The fourth-order valence-electron chi connectivity index (χ4n) is 3.67. The Morgan fingerprint density at radius 2 is 1.32 bits per heavy atom. The molecule has 0 saturated heterocycles. The molecule has 1 N–H and O–H groups in total. The fourth-order valence-corrected chi connectivity index (χ4v) is 3.67. The van der Waals surface area contributed by atoms with Gasteiger partial charge in [-0.3, -0.25) is 4.79 Å². The average Bonchev–Trinajstić information content (AvgIpc) is 2.66. The van der Waals surface area contributed by atoms with Gasteiger partial charge in [0.2, 0.25) is 0 Å². The largest absolute Gasteiger partial charge is 0.396 e. The number of hydrogen-bond acceptors (Lipinski definition) is 2. The van der Waals surface area contributed by atoms with Crippen molar-refractivity contribution >= 4 is 5.78 Å². The van der Waals surface area contributed by atoms with Crippen LogP contribution in [0.2, 0.25) is 0 Å². The maximum absolute atomic E-state index is 11.8. The van der Waals surface area contributed by atoms with Crippen LogP contribution >= 0.6 is 0 Å². The Morgan fingerprint density at radius 1 is 0.864 bits per heavy atom. The quantitative estimate of drug-likeness (QED) is 0.477. The van der Waals surface area contributed by atoms with Gasteiger partial charge in [0.25, 0.3) is 0 Å². The van der Waals surface area contributed by atoms with Gasteiger partial charge in [0.05, 0.1) is 0 Å². The molecule has 2 nitrogen and oxygen atoms in total. The van der Waals surface area contributed by atoms with Crippen LogP contribution in [-0.4, -0.2) is 17.5 Å². The first-order valence-corrected chi connectivity index (χ1v) is 9.33. The summed E-state index contributed by atoms with van der Waals surface area (Å²) in [5, 5.41) is 8.71. The van der Waals surface area contributed by atoms with Crippen molar-refractivity contribution in [1.82, 2.24) is 0 Å². The van der Waals surface area contributed by atoms with Gasteiger partial charge in [-0.05, 0) is 37.2 Å². The maximum atomic E-state index is 11.8. The van der Waals surface area contributed by atoms with E-state index in [1.807, 2.05) is 6.92 Å². The van der Waals surface area contributed by atoms with E-state index in [1.165, 1.54) is 63.4 Å². The number of carbonyl (C=O) groups excluding carboxylic acids is 1. The van der Waals surface area contributed by atoms with Gasteiger partial charge in [-0.2, -0.15) is 0 Å². The van der Waals surface area contributed by atoms with Crippen LogP contribution in [0.5, 0.6) is 0 Å². The molecular formula is C20H36O2. The zero-order valence-corrected chi connectivity index (χ0v) is 15.0. The average molecular weight is 309 g/mol. The number of aliphatic hydroxyl groups is 1. The number of Topliss-reactive ketones (excluding diaryl/α,β-unsaturated/α-hetero) is 1. The van der Waals surface area contributed by atoms with Crippen LogP contribution in [0.1, 0.15) is 97.8 Å². The lowest BCUT2D eigenvalue weighted by Gasteiger charge is -2.22. The number of unbranched alkanes of at least 4 members (excludes halogenated alkanes) is 9. The molecule has 2 heteroatoms. The number of allylic oxidation sites excluding steroid dienone is 2. The predicted octanol–water partition coefficient (Wildman–Crippen LogP) is 5.59. The van der Waals surface area contributed by atoms with E-state index in [9.17, 15) is 4.79 Å². The second-order valence-electron chi connectivity index (χ2n) is 7.60. The molecule has 0 spiro atoms. The molecule has 128 valence electrons. The minimum absolute atomic E-state index is 0.107. The minimum atomic E-state index is 0.107. The third-order valence-electron chi connectivity index (χ3n) is 5.13. The first-order chi connectivity index (χ1) is 10.5. The summed E-state index contributed by atoms with van der Waals surface area (Å²) >= 11 is 0. The molecule has 0 aromatic heterocycles. The second kappa shape index (κ2) is 10.2. The van der Waals surface area contributed by atoms with Crippen LogP contribution in [0.25, 0.3) is 0 Å². The molecule has 1 rings (SSSR count). The lowest BCUT2D eigenvalue weighted by Crippen LogP contribution is -2.11. The van der Waals surface area contributed by atoms with Crippen LogP contribution in [-0.2, 0) is 4.79 Å². The van der Waals surface area contributed by atoms with Crippen LogP contribution in [0, 0.1) is 5.41 Å². The second-order valence-corrected chi connectivity index (χ2v) is 7.60. The molecule has 0 saturated carbocycles. The van der Waals surface area contributed by atoms with E-state index in [-0.39, 0.29) is 5.41 Å². The molecule has 0 heterocycles. The molecule has 0 radical (unpaired) electrons. The SMILES string of the molecule is CC1=C(CCCCCCCCCCCCO)C(C)(C)CC1=O. The Morgan fingerprint density at radius 3 is 1.73 bits per heavy atom. The summed E-state index contributed by atoms with van der Waals surface area (Å²) in [7, 11) is 0. The van der Waals surface area contributed by atoms with E-state index < -0.39 is 0 Å². The highest BCUT2D eigenvalue weighted by molar-refractivity contribution is 5.99. The molecule has 0 atom stereocenters. The summed E-state index contributed by atoms with van der Waals surface area (Å²) in [4.78, 5) is 11.8. The number of carbonyl (C=O) groups is 1. The van der Waals surface area contributed by atoms with Gasteiger partial charge in [-0.25, -0.2) is 0 Å². The monoisotopic (exact) mass is 308 g/mol. The number of ketones is 1. The lowest BCUT2D eigenvalue weighted by molar-refractivity contribution is -0.115. The van der Waals surface area contributed by atoms with Crippen molar-refractivity contribution in [2.75, 3.05) is 6.61 Å². The third-order valence-corrected chi connectivity index (χ3v) is 5.13. The van der Waals surface area contributed by atoms with Gasteiger partial charge in [0.15, 0.2) is 5.78 Å². The first-order valence-electron chi connectivity index (χ1n) is 9.33. The van der Waals surface area contributed by atoms with Crippen molar-refractivity contribution in [2.24, 2.45) is 5.41 Å². The van der Waals surface area contributed by atoms with Crippen molar-refractivity contribution in [1.29, 1.82) is 0 Å². The molecule has 1 aliphatic rings. The van der Waals surface area contributed by atoms with Gasteiger partial charge in [0, 0.05) is 13.0 Å². The number of aliphatic hydroxyl groups excluding tert-OH is 1. The molecule has 0 fully saturated rings. The lowest BCUT2D eigenvalue weighted by atomic mass is 9.82. The summed E-state index contributed by atoms with van der Waals surface area (Å²) in [6, 6.07) is 0. The molecule has 0 bridgehead atoms. The Labute approximate surface area is 137 Å².